The van der Waals surface area contributed by atoms with Crippen molar-refractivity contribution in [2.45, 2.75) is 51.7 Å². The second kappa shape index (κ2) is 9.04. The molecule has 0 spiro atoms. The van der Waals surface area contributed by atoms with Gasteiger partial charge in [-0.1, -0.05) is 30.9 Å². The van der Waals surface area contributed by atoms with Crippen LogP contribution in [0.25, 0.3) is 0 Å². The third-order valence-corrected chi connectivity index (χ3v) is 5.25. The van der Waals surface area contributed by atoms with Crippen molar-refractivity contribution in [3.63, 3.8) is 0 Å². The van der Waals surface area contributed by atoms with Crippen LogP contribution in [0.1, 0.15) is 55.1 Å². The summed E-state index contributed by atoms with van der Waals surface area (Å²) < 4.78 is 5.67. The molecule has 5 heteroatoms. The Hall–Kier alpha value is -2.07. The zero-order valence-corrected chi connectivity index (χ0v) is 15.8. The molecule has 0 radical (unpaired) electrons. The van der Waals surface area contributed by atoms with Crippen molar-refractivity contribution in [1.82, 2.24) is 10.3 Å². The van der Waals surface area contributed by atoms with Gasteiger partial charge in [0.05, 0.1) is 11.3 Å². The summed E-state index contributed by atoms with van der Waals surface area (Å²) >= 11 is 5.86. The van der Waals surface area contributed by atoms with Crippen molar-refractivity contribution < 1.29 is 9.53 Å². The van der Waals surface area contributed by atoms with E-state index >= 15 is 0 Å². The van der Waals surface area contributed by atoms with Crippen molar-refractivity contribution in [2.24, 2.45) is 5.92 Å². The monoisotopic (exact) mass is 372 g/mol. The molecule has 0 saturated heterocycles. The first kappa shape index (κ1) is 18.7. The number of hydrogen-bond donors (Lipinski definition) is 1. The van der Waals surface area contributed by atoms with Gasteiger partial charge in [0.25, 0.3) is 5.91 Å². The molecule has 4 nitrogen and oxygen atoms in total. The SMILES string of the molecule is CC(NC(=O)c1ccc(COc2ccc(Cl)cc2)nc1)C1CCCCC1. The molecule has 1 aromatic carbocycles. The number of aromatic nitrogens is 1. The van der Waals surface area contributed by atoms with Crippen LogP contribution in [-0.2, 0) is 6.61 Å². The van der Waals surface area contributed by atoms with E-state index in [1.54, 1.807) is 24.4 Å². The van der Waals surface area contributed by atoms with Crippen LogP contribution in [-0.4, -0.2) is 16.9 Å². The van der Waals surface area contributed by atoms with Crippen molar-refractivity contribution in [2.75, 3.05) is 0 Å². The third kappa shape index (κ3) is 5.21. The summed E-state index contributed by atoms with van der Waals surface area (Å²) in [6, 6.07) is 11.0. The highest BCUT2D eigenvalue weighted by Crippen LogP contribution is 2.26. The number of nitrogens with zero attached hydrogens (tertiary/aromatic N) is 1. The van der Waals surface area contributed by atoms with Gasteiger partial charge in [-0.2, -0.15) is 0 Å². The van der Waals surface area contributed by atoms with E-state index in [0.717, 1.165) is 11.4 Å². The minimum absolute atomic E-state index is 0.0549. The molecule has 1 atom stereocenters. The summed E-state index contributed by atoms with van der Waals surface area (Å²) in [4.78, 5) is 16.8. The van der Waals surface area contributed by atoms with Crippen LogP contribution >= 0.6 is 11.6 Å². The van der Waals surface area contributed by atoms with Crippen LogP contribution in [0.15, 0.2) is 42.6 Å². The van der Waals surface area contributed by atoms with E-state index in [1.807, 2.05) is 18.2 Å². The maximum atomic E-state index is 12.4. The normalized spacial score (nSPS) is 16.1. The number of hydrogen-bond acceptors (Lipinski definition) is 3. The second-order valence-electron chi connectivity index (χ2n) is 6.94. The Morgan fingerprint density at radius 1 is 1.19 bits per heavy atom. The third-order valence-electron chi connectivity index (χ3n) is 5.00. The zero-order valence-electron chi connectivity index (χ0n) is 15.1. The lowest BCUT2D eigenvalue weighted by Gasteiger charge is -2.28. The van der Waals surface area contributed by atoms with Gasteiger partial charge in [-0.3, -0.25) is 9.78 Å². The van der Waals surface area contributed by atoms with Gasteiger partial charge < -0.3 is 10.1 Å². The van der Waals surface area contributed by atoms with E-state index in [1.165, 1.54) is 32.1 Å². The van der Waals surface area contributed by atoms with Gasteiger partial charge in [0, 0.05) is 17.3 Å². The Balaban J connectivity index is 1.51. The zero-order chi connectivity index (χ0) is 18.4. The first-order chi connectivity index (χ1) is 12.6. The summed E-state index contributed by atoms with van der Waals surface area (Å²) in [6.07, 6.45) is 7.90. The molecule has 1 heterocycles. The lowest BCUT2D eigenvalue weighted by molar-refractivity contribution is 0.0919. The van der Waals surface area contributed by atoms with E-state index in [0.29, 0.717) is 23.1 Å². The molecule has 26 heavy (non-hydrogen) atoms. The van der Waals surface area contributed by atoms with Gasteiger partial charge in [0.15, 0.2) is 0 Å². The summed E-state index contributed by atoms with van der Waals surface area (Å²) in [7, 11) is 0. The topological polar surface area (TPSA) is 51.2 Å². The molecule has 1 amide bonds. The molecular weight excluding hydrogens is 348 g/mol. The van der Waals surface area contributed by atoms with Gasteiger partial charge in [-0.25, -0.2) is 0 Å². The highest BCUT2D eigenvalue weighted by Gasteiger charge is 2.21. The van der Waals surface area contributed by atoms with Crippen molar-refractivity contribution in [3.8, 4) is 5.75 Å². The molecular formula is C21H25ClN2O2. The molecule has 1 aliphatic carbocycles. The van der Waals surface area contributed by atoms with Gasteiger partial charge >= 0.3 is 0 Å². The van der Waals surface area contributed by atoms with E-state index in [9.17, 15) is 4.79 Å². The smallest absolute Gasteiger partial charge is 0.253 e. The van der Waals surface area contributed by atoms with Crippen molar-refractivity contribution >= 4 is 17.5 Å². The molecule has 1 saturated carbocycles. The number of halogens is 1. The average molecular weight is 373 g/mol. The number of benzene rings is 1. The molecule has 1 fully saturated rings. The Kier molecular flexibility index (Phi) is 6.51. The maximum absolute atomic E-state index is 12.4. The maximum Gasteiger partial charge on any atom is 0.253 e. The van der Waals surface area contributed by atoms with Crippen LogP contribution in [0.4, 0.5) is 0 Å². The second-order valence-corrected chi connectivity index (χ2v) is 7.38. The van der Waals surface area contributed by atoms with Crippen molar-refractivity contribution in [1.29, 1.82) is 0 Å². The lowest BCUT2D eigenvalue weighted by Crippen LogP contribution is -2.38. The number of rotatable bonds is 6. The summed E-state index contributed by atoms with van der Waals surface area (Å²) in [5.74, 6) is 1.27. The Morgan fingerprint density at radius 2 is 1.92 bits per heavy atom. The summed E-state index contributed by atoms with van der Waals surface area (Å²) in [5, 5.41) is 3.80. The number of amides is 1. The van der Waals surface area contributed by atoms with Gasteiger partial charge in [-0.05, 0) is 62.1 Å². The van der Waals surface area contributed by atoms with Crippen LogP contribution in [0, 0.1) is 5.92 Å². The molecule has 3 rings (SSSR count). The van der Waals surface area contributed by atoms with E-state index in [-0.39, 0.29) is 11.9 Å². The predicted octanol–water partition coefficient (Wildman–Crippen LogP) is 5.01. The number of ether oxygens (including phenoxy) is 1. The quantitative estimate of drug-likeness (QED) is 0.775. The fourth-order valence-corrected chi connectivity index (χ4v) is 3.50. The Bertz CT molecular complexity index is 710. The largest absolute Gasteiger partial charge is 0.487 e. The predicted molar refractivity (Wildman–Crippen MR) is 104 cm³/mol. The minimum atomic E-state index is -0.0549. The van der Waals surface area contributed by atoms with E-state index in [2.05, 4.69) is 17.2 Å². The first-order valence-corrected chi connectivity index (χ1v) is 9.64. The Morgan fingerprint density at radius 3 is 2.58 bits per heavy atom. The van der Waals surface area contributed by atoms with Gasteiger partial charge in [0.1, 0.15) is 12.4 Å². The molecule has 1 aromatic heterocycles. The first-order valence-electron chi connectivity index (χ1n) is 9.26. The standard InChI is InChI=1S/C21H25ClN2O2/c1-15(16-5-3-2-4-6-16)24-21(25)17-7-10-19(23-13-17)14-26-20-11-8-18(22)9-12-20/h7-13,15-16H,2-6,14H2,1H3,(H,24,25). The van der Waals surface area contributed by atoms with Crippen LogP contribution in [0.5, 0.6) is 5.75 Å². The highest BCUT2D eigenvalue weighted by atomic mass is 35.5. The minimum Gasteiger partial charge on any atom is -0.487 e. The fraction of sp³-hybridized carbons (Fsp3) is 0.429. The number of nitrogens with one attached hydrogen (secondary N) is 1. The molecule has 138 valence electrons. The van der Waals surface area contributed by atoms with Crippen molar-refractivity contribution in [3.05, 3.63) is 58.9 Å². The van der Waals surface area contributed by atoms with Gasteiger partial charge in [-0.15, -0.1) is 0 Å². The average Bonchev–Trinajstić information content (AvgIpc) is 2.68. The lowest BCUT2D eigenvalue weighted by atomic mass is 9.84. The van der Waals surface area contributed by atoms with Gasteiger partial charge in [0.2, 0.25) is 0 Å². The molecule has 2 aromatic rings. The molecule has 1 aliphatic rings. The molecule has 0 aliphatic heterocycles. The summed E-state index contributed by atoms with van der Waals surface area (Å²) in [6.45, 7) is 2.46. The fourth-order valence-electron chi connectivity index (χ4n) is 3.37. The van der Waals surface area contributed by atoms with E-state index < -0.39 is 0 Å². The highest BCUT2D eigenvalue weighted by molar-refractivity contribution is 6.30. The number of pyridine rings is 1. The van der Waals surface area contributed by atoms with Crippen LogP contribution in [0.3, 0.4) is 0 Å². The molecule has 1 N–H and O–H groups in total. The molecule has 0 bridgehead atoms. The van der Waals surface area contributed by atoms with E-state index in [4.69, 9.17) is 16.3 Å². The Labute approximate surface area is 159 Å². The number of carbonyl (C=O) groups excluding carboxylic acids is 1. The van der Waals surface area contributed by atoms with Crippen LogP contribution in [0.2, 0.25) is 5.02 Å². The summed E-state index contributed by atoms with van der Waals surface area (Å²) in [5.41, 5.74) is 1.36. The van der Waals surface area contributed by atoms with Crippen LogP contribution < -0.4 is 10.1 Å². The number of carbonyl (C=O) groups is 1. The molecule has 1 unspecified atom stereocenters.